The summed E-state index contributed by atoms with van der Waals surface area (Å²) in [6.07, 6.45) is 0.771. The van der Waals surface area contributed by atoms with E-state index in [0.29, 0.717) is 13.2 Å². The van der Waals surface area contributed by atoms with Crippen LogP contribution in [0.1, 0.15) is 6.42 Å². The average molecular weight is 180 g/mol. The van der Waals surface area contributed by atoms with Gasteiger partial charge in [0.05, 0.1) is 6.61 Å². The first kappa shape index (κ1) is 8.92. The first-order chi connectivity index (χ1) is 5.05. The zero-order chi connectivity index (χ0) is 8.48. The zero-order valence-electron chi connectivity index (χ0n) is 6.65. The lowest BCUT2D eigenvalue weighted by Gasteiger charge is -2.18. The molecule has 0 aromatic rings. The maximum atomic E-state index is 11.3. The van der Waals surface area contributed by atoms with Crippen LogP contribution < -0.4 is 0 Å². The summed E-state index contributed by atoms with van der Waals surface area (Å²) in [4.78, 5) is 4.88. The van der Waals surface area contributed by atoms with E-state index in [1.165, 1.54) is 14.1 Å². The van der Waals surface area contributed by atoms with Crippen molar-refractivity contribution in [3.05, 3.63) is 0 Å². The molecule has 0 saturated carbocycles. The molecule has 0 bridgehead atoms. The summed E-state index contributed by atoms with van der Waals surface area (Å²) in [5, 5.41) is 0. The number of rotatable bonds is 2. The first-order valence-electron chi connectivity index (χ1n) is 3.38. The molecule has 5 nitrogen and oxygen atoms in total. The molecule has 1 fully saturated rings. The van der Waals surface area contributed by atoms with Crippen LogP contribution in [0.15, 0.2) is 0 Å². The maximum Gasteiger partial charge on any atom is 0.303 e. The van der Waals surface area contributed by atoms with Gasteiger partial charge in [-0.1, -0.05) is 4.47 Å². The molecular weight excluding hydrogens is 168 g/mol. The molecule has 0 atom stereocenters. The molecular formula is C5H12N2O3S. The van der Waals surface area contributed by atoms with Crippen molar-refractivity contribution in [2.45, 2.75) is 6.42 Å². The van der Waals surface area contributed by atoms with Gasteiger partial charge in [0.1, 0.15) is 0 Å². The Kier molecular flexibility index (Phi) is 2.48. The lowest BCUT2D eigenvalue weighted by Crippen LogP contribution is -2.37. The Bertz CT molecular complexity index is 218. The van der Waals surface area contributed by atoms with Crippen LogP contribution in [0.3, 0.4) is 0 Å². The third-order valence-corrected chi connectivity index (χ3v) is 3.16. The molecule has 66 valence electrons. The fourth-order valence-electron chi connectivity index (χ4n) is 0.789. The van der Waals surface area contributed by atoms with Crippen LogP contribution in [0.25, 0.3) is 0 Å². The lowest BCUT2D eigenvalue weighted by molar-refractivity contribution is -0.0327. The van der Waals surface area contributed by atoms with Gasteiger partial charge in [0.25, 0.3) is 0 Å². The minimum absolute atomic E-state index is 0.459. The molecule has 1 heterocycles. The number of hydrogen-bond donors (Lipinski definition) is 0. The minimum atomic E-state index is -3.33. The smallest absolute Gasteiger partial charge is 0.283 e. The summed E-state index contributed by atoms with van der Waals surface area (Å²) in [6, 6.07) is 0. The summed E-state index contributed by atoms with van der Waals surface area (Å²) in [5.41, 5.74) is 0. The fraction of sp³-hybridized carbons (Fsp3) is 1.00. The molecule has 6 heteroatoms. The second kappa shape index (κ2) is 3.06. The van der Waals surface area contributed by atoms with Crippen molar-refractivity contribution in [2.75, 3.05) is 27.2 Å². The molecule has 1 saturated heterocycles. The Morgan fingerprint density at radius 2 is 2.09 bits per heavy atom. The summed E-state index contributed by atoms with van der Waals surface area (Å²) >= 11 is 0. The van der Waals surface area contributed by atoms with E-state index >= 15 is 0 Å². The Balaban J connectivity index is 2.72. The topological polar surface area (TPSA) is 49.9 Å². The average Bonchev–Trinajstić information content (AvgIpc) is 2.37. The van der Waals surface area contributed by atoms with Crippen LogP contribution in [0, 0.1) is 0 Å². The molecule has 0 spiro atoms. The Morgan fingerprint density at radius 3 is 2.45 bits per heavy atom. The van der Waals surface area contributed by atoms with Crippen LogP contribution in [0.2, 0.25) is 0 Å². The molecule has 0 aromatic heterocycles. The quantitative estimate of drug-likeness (QED) is 0.572. The van der Waals surface area contributed by atoms with Gasteiger partial charge in [-0.2, -0.15) is 12.7 Å². The van der Waals surface area contributed by atoms with E-state index in [1.54, 1.807) is 0 Å². The van der Waals surface area contributed by atoms with Crippen LogP contribution in [0.5, 0.6) is 0 Å². The van der Waals surface area contributed by atoms with Crippen molar-refractivity contribution >= 4 is 10.2 Å². The fourth-order valence-corrected chi connectivity index (χ4v) is 1.72. The van der Waals surface area contributed by atoms with Crippen LogP contribution >= 0.6 is 0 Å². The van der Waals surface area contributed by atoms with Gasteiger partial charge in [-0.25, -0.2) is 0 Å². The van der Waals surface area contributed by atoms with Crippen LogP contribution in [0.4, 0.5) is 0 Å². The lowest BCUT2D eigenvalue weighted by atomic mass is 10.5. The van der Waals surface area contributed by atoms with Crippen molar-refractivity contribution in [1.82, 2.24) is 8.77 Å². The maximum absolute atomic E-state index is 11.3. The van der Waals surface area contributed by atoms with Gasteiger partial charge in [0.2, 0.25) is 0 Å². The van der Waals surface area contributed by atoms with E-state index < -0.39 is 10.2 Å². The van der Waals surface area contributed by atoms with E-state index in [2.05, 4.69) is 0 Å². The summed E-state index contributed by atoms with van der Waals surface area (Å²) in [6.45, 7) is 0.952. The molecule has 0 aromatic carbocycles. The molecule has 0 aliphatic carbocycles. The number of nitrogens with zero attached hydrogens (tertiary/aromatic N) is 2. The van der Waals surface area contributed by atoms with Gasteiger partial charge in [0.15, 0.2) is 0 Å². The van der Waals surface area contributed by atoms with Crippen molar-refractivity contribution in [2.24, 2.45) is 0 Å². The molecule has 1 aliphatic heterocycles. The van der Waals surface area contributed by atoms with Gasteiger partial charge >= 0.3 is 10.2 Å². The molecule has 0 unspecified atom stereocenters. The van der Waals surface area contributed by atoms with Gasteiger partial charge < -0.3 is 0 Å². The van der Waals surface area contributed by atoms with E-state index in [9.17, 15) is 8.42 Å². The van der Waals surface area contributed by atoms with E-state index in [1.807, 2.05) is 0 Å². The predicted octanol–water partition coefficient (Wildman–Crippen LogP) is -0.570. The van der Waals surface area contributed by atoms with E-state index in [-0.39, 0.29) is 0 Å². The van der Waals surface area contributed by atoms with Crippen molar-refractivity contribution in [1.29, 1.82) is 0 Å². The van der Waals surface area contributed by atoms with Gasteiger partial charge in [-0.15, -0.1) is 0 Å². The summed E-state index contributed by atoms with van der Waals surface area (Å²) < 4.78 is 24.7. The summed E-state index contributed by atoms with van der Waals surface area (Å²) in [5.74, 6) is 0. The highest BCUT2D eigenvalue weighted by molar-refractivity contribution is 7.86. The third kappa shape index (κ3) is 1.70. The SMILES string of the molecule is CN(C)S(=O)(=O)N1CCCO1. The minimum Gasteiger partial charge on any atom is -0.283 e. The van der Waals surface area contributed by atoms with Gasteiger partial charge in [0, 0.05) is 20.6 Å². The molecule has 0 amide bonds. The monoisotopic (exact) mass is 180 g/mol. The number of hydroxylamine groups is 1. The highest BCUT2D eigenvalue weighted by Crippen LogP contribution is 2.11. The Labute approximate surface area is 66.7 Å². The molecule has 11 heavy (non-hydrogen) atoms. The zero-order valence-corrected chi connectivity index (χ0v) is 7.47. The summed E-state index contributed by atoms with van der Waals surface area (Å²) in [7, 11) is -0.366. The second-order valence-electron chi connectivity index (χ2n) is 2.50. The van der Waals surface area contributed by atoms with Crippen LogP contribution in [-0.2, 0) is 15.0 Å². The third-order valence-electron chi connectivity index (χ3n) is 1.44. The highest BCUT2D eigenvalue weighted by atomic mass is 32.2. The standard InChI is InChI=1S/C5H12N2O3S/c1-6(2)11(8,9)7-4-3-5-10-7/h3-5H2,1-2H3. The van der Waals surface area contributed by atoms with Crippen LogP contribution in [-0.4, -0.2) is 44.4 Å². The van der Waals surface area contributed by atoms with Gasteiger partial charge in [-0.3, -0.25) is 4.84 Å². The molecule has 0 N–H and O–H groups in total. The Hall–Kier alpha value is -0.170. The largest absolute Gasteiger partial charge is 0.303 e. The molecule has 1 rings (SSSR count). The first-order valence-corrected chi connectivity index (χ1v) is 4.78. The van der Waals surface area contributed by atoms with E-state index in [0.717, 1.165) is 15.2 Å². The van der Waals surface area contributed by atoms with E-state index in [4.69, 9.17) is 4.84 Å². The van der Waals surface area contributed by atoms with Crippen molar-refractivity contribution in [3.8, 4) is 0 Å². The highest BCUT2D eigenvalue weighted by Gasteiger charge is 2.28. The predicted molar refractivity (Wildman–Crippen MR) is 39.9 cm³/mol. The Morgan fingerprint density at radius 1 is 1.45 bits per heavy atom. The van der Waals surface area contributed by atoms with Crippen molar-refractivity contribution < 1.29 is 13.3 Å². The number of hydrogen-bond acceptors (Lipinski definition) is 3. The molecule has 0 radical (unpaired) electrons. The van der Waals surface area contributed by atoms with Crippen molar-refractivity contribution in [3.63, 3.8) is 0 Å². The normalized spacial score (nSPS) is 21.4. The molecule has 1 aliphatic rings. The van der Waals surface area contributed by atoms with Gasteiger partial charge in [-0.05, 0) is 6.42 Å². The second-order valence-corrected chi connectivity index (χ2v) is 4.54.